The predicted molar refractivity (Wildman–Crippen MR) is 384 cm³/mol. The molecule has 91 heavy (non-hydrogen) atoms. The Hall–Kier alpha value is -2.38. The average molecular weight is 1290 g/mol. The molecule has 0 saturated carbocycles. The molecule has 534 valence electrons. The molecular formula is C80H149NO10. The molecule has 11 heteroatoms. The van der Waals surface area contributed by atoms with Gasteiger partial charge in [0.05, 0.1) is 25.4 Å². The van der Waals surface area contributed by atoms with Gasteiger partial charge in [0.25, 0.3) is 0 Å². The minimum Gasteiger partial charge on any atom is -0.454 e. The lowest BCUT2D eigenvalue weighted by atomic mass is 9.99. The van der Waals surface area contributed by atoms with E-state index in [4.69, 9.17) is 14.2 Å². The standard InChI is InChI=1S/C80H149NO10/c1-4-7-10-13-16-19-22-24-26-28-30-32-34-36-37-38-40-42-44-46-48-50-53-56-59-62-65-68-75(85)91-78-77(87)76(86)74(69-82)90-80(78)89-70-71(72(83)66-63-60-57-54-51-21-18-15-12-9-6-3)81-79(88)73(84)67-64-61-58-55-52-49-47-45-43-41-39-35-33-31-29-27-25-23-20-17-14-11-8-5-2/h16,19,24-27,63,66,71-74,76-78,80,82-84,86-87H,4-15,17-18,20-23,28-62,64-65,67-70H2,1-3H3,(H,81,88)/b19-16-,26-24-,27-25+,66-63+. The first-order valence-corrected chi connectivity index (χ1v) is 39.4. The quantitative estimate of drug-likeness (QED) is 0.0195. The van der Waals surface area contributed by atoms with Crippen LogP contribution >= 0.6 is 0 Å². The summed E-state index contributed by atoms with van der Waals surface area (Å²) in [5.41, 5.74) is 0. The summed E-state index contributed by atoms with van der Waals surface area (Å²) in [7, 11) is 0. The van der Waals surface area contributed by atoms with E-state index in [0.29, 0.717) is 19.3 Å². The highest BCUT2D eigenvalue weighted by Gasteiger charge is 2.47. The SMILES string of the molecule is CCCCC/C=C\C/C=C\CCCCCCCCCCCCCCCCCCCC(=O)OC1C(OCC(NC(=O)C(O)CCCCCCCCCCCCCCCC/C=C/CCCCCCCC)C(O)/C=C/CCCCCCCCCCC)OC(CO)C(O)C1O. The fourth-order valence-corrected chi connectivity index (χ4v) is 12.5. The molecular weight excluding hydrogens is 1130 g/mol. The summed E-state index contributed by atoms with van der Waals surface area (Å²) in [5, 5.41) is 57.4. The van der Waals surface area contributed by atoms with Crippen LogP contribution in [0.15, 0.2) is 48.6 Å². The third-order valence-electron chi connectivity index (χ3n) is 18.7. The van der Waals surface area contributed by atoms with Crippen molar-refractivity contribution in [3.63, 3.8) is 0 Å². The fraction of sp³-hybridized carbons (Fsp3) is 0.875. The summed E-state index contributed by atoms with van der Waals surface area (Å²) in [5.74, 6) is -1.18. The highest BCUT2D eigenvalue weighted by Crippen LogP contribution is 2.27. The Kier molecular flexibility index (Phi) is 64.3. The van der Waals surface area contributed by atoms with Crippen molar-refractivity contribution in [2.75, 3.05) is 13.2 Å². The lowest BCUT2D eigenvalue weighted by Gasteiger charge is -2.41. The summed E-state index contributed by atoms with van der Waals surface area (Å²) < 4.78 is 17.7. The van der Waals surface area contributed by atoms with E-state index in [-0.39, 0.29) is 13.0 Å². The second-order valence-corrected chi connectivity index (χ2v) is 27.4. The van der Waals surface area contributed by atoms with E-state index in [1.54, 1.807) is 6.08 Å². The van der Waals surface area contributed by atoms with Gasteiger partial charge in [-0.15, -0.1) is 0 Å². The van der Waals surface area contributed by atoms with Crippen LogP contribution in [-0.2, 0) is 23.8 Å². The summed E-state index contributed by atoms with van der Waals surface area (Å²) >= 11 is 0. The van der Waals surface area contributed by atoms with Gasteiger partial charge in [0, 0.05) is 6.42 Å². The molecule has 0 aromatic carbocycles. The summed E-state index contributed by atoms with van der Waals surface area (Å²) in [6, 6.07) is -1.02. The van der Waals surface area contributed by atoms with E-state index in [0.717, 1.165) is 64.2 Å². The van der Waals surface area contributed by atoms with Crippen LogP contribution in [0, 0.1) is 0 Å². The predicted octanol–water partition coefficient (Wildman–Crippen LogP) is 21.1. The van der Waals surface area contributed by atoms with Crippen molar-refractivity contribution in [3.8, 4) is 0 Å². The topological polar surface area (TPSA) is 175 Å². The Balaban J connectivity index is 2.47. The van der Waals surface area contributed by atoms with Gasteiger partial charge in [-0.05, 0) is 83.5 Å². The number of aliphatic hydroxyl groups is 5. The van der Waals surface area contributed by atoms with Gasteiger partial charge in [-0.2, -0.15) is 0 Å². The third-order valence-corrected chi connectivity index (χ3v) is 18.7. The molecule has 1 saturated heterocycles. The van der Waals surface area contributed by atoms with Gasteiger partial charge in [0.2, 0.25) is 5.91 Å². The zero-order chi connectivity index (χ0) is 66.0. The van der Waals surface area contributed by atoms with Crippen LogP contribution in [0.3, 0.4) is 0 Å². The molecule has 8 atom stereocenters. The van der Waals surface area contributed by atoms with Crippen molar-refractivity contribution in [2.24, 2.45) is 0 Å². The number of rotatable bonds is 69. The molecule has 1 amide bonds. The first-order valence-electron chi connectivity index (χ1n) is 39.4. The third kappa shape index (κ3) is 54.4. The molecule has 6 N–H and O–H groups in total. The summed E-state index contributed by atoms with van der Waals surface area (Å²) in [6.07, 6.45) is 76.0. The van der Waals surface area contributed by atoms with Gasteiger partial charge in [-0.3, -0.25) is 9.59 Å². The van der Waals surface area contributed by atoms with Gasteiger partial charge >= 0.3 is 5.97 Å². The number of nitrogens with one attached hydrogen (secondary N) is 1. The van der Waals surface area contributed by atoms with Crippen LogP contribution in [-0.4, -0.2) is 99.6 Å². The summed E-state index contributed by atoms with van der Waals surface area (Å²) in [4.78, 5) is 26.7. The van der Waals surface area contributed by atoms with Gasteiger partial charge in [-0.1, -0.05) is 345 Å². The van der Waals surface area contributed by atoms with Crippen molar-refractivity contribution in [2.45, 2.75) is 436 Å². The number of ether oxygens (including phenoxy) is 3. The number of hydrogen-bond acceptors (Lipinski definition) is 10. The number of esters is 1. The molecule has 8 unspecified atom stereocenters. The molecule has 1 heterocycles. The number of amides is 1. The number of allylic oxidation sites excluding steroid dienone is 7. The molecule has 0 aliphatic carbocycles. The highest BCUT2D eigenvalue weighted by molar-refractivity contribution is 5.80. The number of aliphatic hydroxyl groups excluding tert-OH is 5. The summed E-state index contributed by atoms with van der Waals surface area (Å²) in [6.45, 7) is 5.82. The molecule has 0 spiro atoms. The van der Waals surface area contributed by atoms with Gasteiger partial charge in [0.1, 0.15) is 24.4 Å². The van der Waals surface area contributed by atoms with Crippen LogP contribution in [0.5, 0.6) is 0 Å². The molecule has 0 radical (unpaired) electrons. The second kappa shape index (κ2) is 67.6. The Morgan fingerprint density at radius 1 is 0.429 bits per heavy atom. The fourth-order valence-electron chi connectivity index (χ4n) is 12.5. The smallest absolute Gasteiger partial charge is 0.306 e. The van der Waals surface area contributed by atoms with Gasteiger partial charge in [-0.25, -0.2) is 0 Å². The van der Waals surface area contributed by atoms with E-state index in [2.05, 4.69) is 62.5 Å². The first-order chi connectivity index (χ1) is 44.7. The second-order valence-electron chi connectivity index (χ2n) is 27.4. The molecule has 1 aliphatic rings. The average Bonchev–Trinajstić information content (AvgIpc) is 1.14. The number of carbonyl (C=O) groups is 2. The van der Waals surface area contributed by atoms with Crippen LogP contribution in [0.4, 0.5) is 0 Å². The maximum Gasteiger partial charge on any atom is 0.306 e. The zero-order valence-electron chi connectivity index (χ0n) is 59.7. The van der Waals surface area contributed by atoms with Crippen molar-refractivity contribution < 1.29 is 49.3 Å². The van der Waals surface area contributed by atoms with Gasteiger partial charge in [0.15, 0.2) is 12.4 Å². The van der Waals surface area contributed by atoms with E-state index in [1.165, 1.54) is 276 Å². The van der Waals surface area contributed by atoms with E-state index in [1.807, 2.05) is 6.08 Å². The Bertz CT molecular complexity index is 1670. The highest BCUT2D eigenvalue weighted by atomic mass is 16.7. The Morgan fingerprint density at radius 3 is 1.15 bits per heavy atom. The maximum absolute atomic E-state index is 13.5. The normalized spacial score (nSPS) is 18.2. The van der Waals surface area contributed by atoms with E-state index >= 15 is 0 Å². The molecule has 11 nitrogen and oxygen atoms in total. The number of hydrogen-bond donors (Lipinski definition) is 6. The zero-order valence-corrected chi connectivity index (χ0v) is 59.7. The maximum atomic E-state index is 13.5. The molecule has 0 aromatic rings. The minimum absolute atomic E-state index is 0.127. The minimum atomic E-state index is -1.61. The molecule has 1 fully saturated rings. The largest absolute Gasteiger partial charge is 0.454 e. The molecule has 1 rings (SSSR count). The van der Waals surface area contributed by atoms with Crippen LogP contribution in [0.25, 0.3) is 0 Å². The monoisotopic (exact) mass is 1280 g/mol. The molecule has 0 aromatic heterocycles. The Morgan fingerprint density at radius 2 is 0.758 bits per heavy atom. The van der Waals surface area contributed by atoms with Crippen molar-refractivity contribution in [3.05, 3.63) is 48.6 Å². The van der Waals surface area contributed by atoms with Gasteiger partial charge < -0.3 is 45.1 Å². The number of carbonyl (C=O) groups excluding carboxylic acids is 2. The molecule has 0 bridgehead atoms. The van der Waals surface area contributed by atoms with Crippen LogP contribution in [0.2, 0.25) is 0 Å². The van der Waals surface area contributed by atoms with Crippen molar-refractivity contribution in [1.29, 1.82) is 0 Å². The van der Waals surface area contributed by atoms with E-state index in [9.17, 15) is 35.1 Å². The van der Waals surface area contributed by atoms with Crippen molar-refractivity contribution in [1.82, 2.24) is 5.32 Å². The van der Waals surface area contributed by atoms with Crippen LogP contribution in [0.1, 0.15) is 387 Å². The lowest BCUT2D eigenvalue weighted by Crippen LogP contribution is -2.61. The van der Waals surface area contributed by atoms with Crippen molar-refractivity contribution >= 4 is 11.9 Å². The van der Waals surface area contributed by atoms with Crippen LogP contribution < -0.4 is 5.32 Å². The lowest BCUT2D eigenvalue weighted by molar-refractivity contribution is -0.305. The number of unbranched alkanes of at least 4 members (excludes halogenated alkanes) is 49. The first kappa shape index (κ1) is 86.6. The molecule has 1 aliphatic heterocycles. The Labute approximate surface area is 561 Å². The van der Waals surface area contributed by atoms with E-state index < -0.39 is 67.4 Å².